The molecule has 0 atom stereocenters. The minimum atomic E-state index is -0.248. The van der Waals surface area contributed by atoms with Crippen LogP contribution in [0.5, 0.6) is 0 Å². The third kappa shape index (κ3) is 3.29. The molecule has 1 aromatic carbocycles. The van der Waals surface area contributed by atoms with Gasteiger partial charge in [0.2, 0.25) is 5.91 Å². The number of carbonyl (C=O) groups excluding carboxylic acids is 1. The van der Waals surface area contributed by atoms with Gasteiger partial charge in [-0.25, -0.2) is 0 Å². The van der Waals surface area contributed by atoms with Crippen molar-refractivity contribution < 1.29 is 4.79 Å². The summed E-state index contributed by atoms with van der Waals surface area (Å²) in [6.07, 6.45) is 0. The number of halogens is 2. The molecule has 0 saturated carbocycles. The quantitative estimate of drug-likeness (QED) is 0.832. The van der Waals surface area contributed by atoms with Gasteiger partial charge in [-0.1, -0.05) is 11.6 Å². The minimum Gasteiger partial charge on any atom is -0.376 e. The van der Waals surface area contributed by atoms with Crippen LogP contribution in [0.3, 0.4) is 0 Å². The molecule has 0 aliphatic heterocycles. The van der Waals surface area contributed by atoms with Gasteiger partial charge < -0.3 is 10.2 Å². The summed E-state index contributed by atoms with van der Waals surface area (Å²) >= 11 is 11.3. The molecule has 0 aliphatic rings. The fraction of sp³-hybridized carbons (Fsp3) is 0.300. The van der Waals surface area contributed by atoms with Gasteiger partial charge in [-0.2, -0.15) is 0 Å². The van der Waals surface area contributed by atoms with Gasteiger partial charge in [-0.15, -0.1) is 11.6 Å². The van der Waals surface area contributed by atoms with Crippen molar-refractivity contribution in [2.45, 2.75) is 0 Å². The van der Waals surface area contributed by atoms with Gasteiger partial charge in [0.15, 0.2) is 0 Å². The van der Waals surface area contributed by atoms with Crippen LogP contribution in [0, 0.1) is 0 Å². The average Bonchev–Trinajstić information content (AvgIpc) is 2.17. The molecule has 0 radical (unpaired) electrons. The van der Waals surface area contributed by atoms with Crippen molar-refractivity contribution in [2.24, 2.45) is 0 Å². The molecule has 0 heterocycles. The fourth-order valence-corrected chi connectivity index (χ4v) is 1.42. The van der Waals surface area contributed by atoms with E-state index in [9.17, 15) is 4.79 Å². The van der Waals surface area contributed by atoms with Gasteiger partial charge >= 0.3 is 0 Å². The van der Waals surface area contributed by atoms with Crippen LogP contribution in [0.1, 0.15) is 0 Å². The number of hydrogen-bond acceptors (Lipinski definition) is 2. The van der Waals surface area contributed by atoms with Crippen LogP contribution in [-0.2, 0) is 4.79 Å². The summed E-state index contributed by atoms with van der Waals surface area (Å²) in [6, 6.07) is 5.31. The smallest absolute Gasteiger partial charge is 0.239 e. The molecule has 1 aromatic rings. The zero-order chi connectivity index (χ0) is 11.4. The maximum absolute atomic E-state index is 11.2. The fourth-order valence-electron chi connectivity index (χ4n) is 1.18. The molecule has 1 rings (SSSR count). The SMILES string of the molecule is CN(C)c1ccc(Cl)cc1NC(=O)CCl. The van der Waals surface area contributed by atoms with Crippen LogP contribution < -0.4 is 10.2 Å². The lowest BCUT2D eigenvalue weighted by Crippen LogP contribution is -2.17. The lowest BCUT2D eigenvalue weighted by molar-refractivity contribution is -0.113. The van der Waals surface area contributed by atoms with E-state index in [0.717, 1.165) is 5.69 Å². The molecule has 82 valence electrons. The van der Waals surface area contributed by atoms with Crippen LogP contribution in [0.15, 0.2) is 18.2 Å². The van der Waals surface area contributed by atoms with E-state index in [1.54, 1.807) is 12.1 Å². The highest BCUT2D eigenvalue weighted by Gasteiger charge is 2.08. The number of amides is 1. The predicted molar refractivity (Wildman–Crippen MR) is 65.1 cm³/mol. The second-order valence-corrected chi connectivity index (χ2v) is 3.94. The molecule has 1 amide bonds. The molecule has 5 heteroatoms. The largest absolute Gasteiger partial charge is 0.376 e. The molecule has 3 nitrogen and oxygen atoms in total. The number of benzene rings is 1. The molecule has 0 saturated heterocycles. The Morgan fingerprint density at radius 2 is 2.13 bits per heavy atom. The Kier molecular flexibility index (Phi) is 4.24. The number of rotatable bonds is 3. The van der Waals surface area contributed by atoms with Crippen molar-refractivity contribution in [2.75, 3.05) is 30.2 Å². The molecule has 0 bridgehead atoms. The van der Waals surface area contributed by atoms with Crippen LogP contribution in [0.2, 0.25) is 5.02 Å². The lowest BCUT2D eigenvalue weighted by atomic mass is 10.2. The van der Waals surface area contributed by atoms with Crippen LogP contribution in [0.25, 0.3) is 0 Å². The first-order chi connectivity index (χ1) is 7.04. The van der Waals surface area contributed by atoms with Crippen molar-refractivity contribution in [3.8, 4) is 0 Å². The maximum Gasteiger partial charge on any atom is 0.239 e. The van der Waals surface area contributed by atoms with E-state index in [0.29, 0.717) is 10.7 Å². The topological polar surface area (TPSA) is 32.3 Å². The van der Waals surface area contributed by atoms with Crippen LogP contribution in [-0.4, -0.2) is 25.9 Å². The van der Waals surface area contributed by atoms with Crippen LogP contribution >= 0.6 is 23.2 Å². The second kappa shape index (κ2) is 5.24. The van der Waals surface area contributed by atoms with E-state index < -0.39 is 0 Å². The van der Waals surface area contributed by atoms with Crippen molar-refractivity contribution >= 4 is 40.5 Å². The van der Waals surface area contributed by atoms with E-state index in [4.69, 9.17) is 23.2 Å². The van der Waals surface area contributed by atoms with E-state index in [-0.39, 0.29) is 11.8 Å². The molecular formula is C10H12Cl2N2O. The van der Waals surface area contributed by atoms with Gasteiger partial charge in [0.1, 0.15) is 5.88 Å². The number of hydrogen-bond donors (Lipinski definition) is 1. The zero-order valence-electron chi connectivity index (χ0n) is 8.55. The third-order valence-electron chi connectivity index (χ3n) is 1.84. The van der Waals surface area contributed by atoms with Crippen molar-refractivity contribution in [3.63, 3.8) is 0 Å². The number of carbonyl (C=O) groups is 1. The molecule has 0 aromatic heterocycles. The number of nitrogens with zero attached hydrogens (tertiary/aromatic N) is 1. The first-order valence-corrected chi connectivity index (χ1v) is 5.28. The number of alkyl halides is 1. The van der Waals surface area contributed by atoms with E-state index >= 15 is 0 Å². The highest BCUT2D eigenvalue weighted by Crippen LogP contribution is 2.27. The summed E-state index contributed by atoms with van der Waals surface area (Å²) < 4.78 is 0. The number of anilines is 2. The second-order valence-electron chi connectivity index (χ2n) is 3.24. The molecular weight excluding hydrogens is 235 g/mol. The molecule has 15 heavy (non-hydrogen) atoms. The summed E-state index contributed by atoms with van der Waals surface area (Å²) in [7, 11) is 3.78. The molecule has 0 unspecified atom stereocenters. The lowest BCUT2D eigenvalue weighted by Gasteiger charge is -2.17. The van der Waals surface area contributed by atoms with Gasteiger partial charge in [0, 0.05) is 19.1 Å². The molecule has 1 N–H and O–H groups in total. The standard InChI is InChI=1S/C10H12Cl2N2O/c1-14(2)9-4-3-7(12)5-8(9)13-10(15)6-11/h3-5H,6H2,1-2H3,(H,13,15). The summed E-state index contributed by atoms with van der Waals surface area (Å²) in [6.45, 7) is 0. The van der Waals surface area contributed by atoms with Crippen molar-refractivity contribution in [3.05, 3.63) is 23.2 Å². The Balaban J connectivity index is 3.02. The maximum atomic E-state index is 11.2. The normalized spacial score (nSPS) is 9.87. The summed E-state index contributed by atoms with van der Waals surface area (Å²) in [5, 5.41) is 3.26. The van der Waals surface area contributed by atoms with Gasteiger partial charge in [-0.05, 0) is 18.2 Å². The predicted octanol–water partition coefficient (Wildman–Crippen LogP) is 2.58. The molecule has 0 fully saturated rings. The number of nitrogens with one attached hydrogen (secondary N) is 1. The highest BCUT2D eigenvalue weighted by atomic mass is 35.5. The summed E-state index contributed by atoms with van der Waals surface area (Å²) in [4.78, 5) is 13.1. The molecule has 0 spiro atoms. The Hall–Kier alpha value is -0.930. The van der Waals surface area contributed by atoms with Gasteiger partial charge in [0.25, 0.3) is 0 Å². The van der Waals surface area contributed by atoms with Crippen molar-refractivity contribution in [1.82, 2.24) is 0 Å². The summed E-state index contributed by atoms with van der Waals surface area (Å²) in [5.74, 6) is -0.318. The Labute approximate surface area is 99.0 Å². The van der Waals surface area contributed by atoms with Crippen LogP contribution in [0.4, 0.5) is 11.4 Å². The average molecular weight is 247 g/mol. The molecule has 0 aliphatic carbocycles. The Bertz CT molecular complexity index is 366. The first-order valence-electron chi connectivity index (χ1n) is 4.37. The van der Waals surface area contributed by atoms with Crippen molar-refractivity contribution in [1.29, 1.82) is 0 Å². The first kappa shape index (κ1) is 12.1. The highest BCUT2D eigenvalue weighted by molar-refractivity contribution is 6.31. The van der Waals surface area contributed by atoms with E-state index in [1.165, 1.54) is 0 Å². The monoisotopic (exact) mass is 246 g/mol. The Morgan fingerprint density at radius 3 is 2.67 bits per heavy atom. The van der Waals surface area contributed by atoms with E-state index in [2.05, 4.69) is 5.32 Å². The van der Waals surface area contributed by atoms with Gasteiger partial charge in [-0.3, -0.25) is 4.79 Å². The third-order valence-corrected chi connectivity index (χ3v) is 2.31. The summed E-state index contributed by atoms with van der Waals surface area (Å²) in [5.41, 5.74) is 1.55. The zero-order valence-corrected chi connectivity index (χ0v) is 10.1. The van der Waals surface area contributed by atoms with Gasteiger partial charge in [0.05, 0.1) is 11.4 Å². The van der Waals surface area contributed by atoms with E-state index in [1.807, 2.05) is 25.1 Å². The minimum absolute atomic E-state index is 0.0701. The Morgan fingerprint density at radius 1 is 1.47 bits per heavy atom.